The second-order valence-corrected chi connectivity index (χ2v) is 9.90. The highest BCUT2D eigenvalue weighted by atomic mass is 32.1. The van der Waals surface area contributed by atoms with Crippen LogP contribution >= 0.6 is 11.3 Å². The van der Waals surface area contributed by atoms with Gasteiger partial charge in [0.2, 0.25) is 0 Å². The van der Waals surface area contributed by atoms with E-state index in [9.17, 15) is 32.3 Å². The molecular formula is C20H23F3N4O4S. The van der Waals surface area contributed by atoms with Gasteiger partial charge in [-0.25, -0.2) is 4.79 Å². The quantitative estimate of drug-likeness (QED) is 0.649. The monoisotopic (exact) mass is 472 g/mol. The summed E-state index contributed by atoms with van der Waals surface area (Å²) in [5, 5.41) is 2.65. The number of rotatable bonds is 6. The van der Waals surface area contributed by atoms with Gasteiger partial charge in [0, 0.05) is 31.1 Å². The molecule has 0 aromatic carbocycles. The molecule has 8 nitrogen and oxygen atoms in total. The maximum Gasteiger partial charge on any atom is 0.390 e. The van der Waals surface area contributed by atoms with Crippen LogP contribution < -0.4 is 16.6 Å². The van der Waals surface area contributed by atoms with Crippen molar-refractivity contribution in [2.75, 3.05) is 13.1 Å². The fraction of sp³-hybridized carbons (Fsp3) is 0.600. The van der Waals surface area contributed by atoms with Crippen LogP contribution in [0.1, 0.15) is 36.6 Å². The van der Waals surface area contributed by atoms with Gasteiger partial charge in [0.1, 0.15) is 4.83 Å². The van der Waals surface area contributed by atoms with Crippen LogP contribution in [0.3, 0.4) is 0 Å². The molecule has 0 atom stereocenters. The Hall–Kier alpha value is -2.63. The summed E-state index contributed by atoms with van der Waals surface area (Å²) in [7, 11) is 0. The molecule has 1 aliphatic carbocycles. The predicted octanol–water partition coefficient (Wildman–Crippen LogP) is 1.74. The Kier molecular flexibility index (Phi) is 5.46. The second kappa shape index (κ2) is 7.75. The fourth-order valence-electron chi connectivity index (χ4n) is 3.87. The van der Waals surface area contributed by atoms with Crippen LogP contribution in [0.25, 0.3) is 10.2 Å². The smallest absolute Gasteiger partial charge is 0.346 e. The molecule has 2 aliphatic rings. The summed E-state index contributed by atoms with van der Waals surface area (Å²) in [4.78, 5) is 52.2. The van der Waals surface area contributed by atoms with Gasteiger partial charge in [0.05, 0.1) is 18.4 Å². The summed E-state index contributed by atoms with van der Waals surface area (Å²) in [6.07, 6.45) is -3.98. The Morgan fingerprint density at radius 1 is 1.12 bits per heavy atom. The number of nitrogens with zero attached hydrogens (tertiary/aromatic N) is 3. The van der Waals surface area contributed by atoms with Gasteiger partial charge in [-0.2, -0.15) is 13.2 Å². The lowest BCUT2D eigenvalue weighted by Crippen LogP contribution is -2.51. The Morgan fingerprint density at radius 2 is 1.81 bits per heavy atom. The van der Waals surface area contributed by atoms with Crippen LogP contribution in [0.15, 0.2) is 9.59 Å². The van der Waals surface area contributed by atoms with Crippen molar-refractivity contribution in [1.29, 1.82) is 0 Å². The number of halogens is 3. The van der Waals surface area contributed by atoms with E-state index in [1.165, 1.54) is 4.90 Å². The average Bonchev–Trinajstić information content (AvgIpc) is 3.35. The Labute approximate surface area is 184 Å². The third-order valence-corrected chi connectivity index (χ3v) is 7.44. The Balaban J connectivity index is 1.83. The topological polar surface area (TPSA) is 93.4 Å². The molecule has 32 heavy (non-hydrogen) atoms. The highest BCUT2D eigenvalue weighted by Gasteiger charge is 2.39. The molecule has 2 fully saturated rings. The summed E-state index contributed by atoms with van der Waals surface area (Å²) in [5.74, 6) is -1.43. The SMILES string of the molecule is Cc1c(CN2CCNC(=O)C2=O)sc2c1c(=O)n(CC1(C)CC1)c(=O)n2CCC(F)(F)F. The minimum Gasteiger partial charge on any atom is -0.346 e. The van der Waals surface area contributed by atoms with Gasteiger partial charge < -0.3 is 10.2 Å². The second-order valence-electron chi connectivity index (χ2n) is 8.81. The molecule has 0 unspecified atom stereocenters. The van der Waals surface area contributed by atoms with Gasteiger partial charge in [-0.3, -0.25) is 23.5 Å². The first-order valence-electron chi connectivity index (χ1n) is 10.3. The van der Waals surface area contributed by atoms with Crippen LogP contribution in [0.5, 0.6) is 0 Å². The molecule has 174 valence electrons. The first-order valence-corrected chi connectivity index (χ1v) is 11.1. The van der Waals surface area contributed by atoms with E-state index in [1.807, 2.05) is 6.92 Å². The van der Waals surface area contributed by atoms with E-state index < -0.39 is 42.2 Å². The van der Waals surface area contributed by atoms with Crippen LogP contribution in [0, 0.1) is 12.3 Å². The molecule has 1 N–H and O–H groups in total. The van der Waals surface area contributed by atoms with Crippen molar-refractivity contribution in [3.63, 3.8) is 0 Å². The number of fused-ring (bicyclic) bond motifs is 1. The van der Waals surface area contributed by atoms with Gasteiger partial charge in [0.25, 0.3) is 5.56 Å². The van der Waals surface area contributed by atoms with Crippen LogP contribution in [-0.4, -0.2) is 45.1 Å². The number of aryl methyl sites for hydroxylation is 2. The summed E-state index contributed by atoms with van der Waals surface area (Å²) in [6.45, 7) is 3.76. The van der Waals surface area contributed by atoms with E-state index in [0.29, 0.717) is 10.4 Å². The Bertz CT molecular complexity index is 1220. The molecule has 0 spiro atoms. The Morgan fingerprint density at radius 3 is 2.44 bits per heavy atom. The molecule has 2 aromatic heterocycles. The highest BCUT2D eigenvalue weighted by molar-refractivity contribution is 7.18. The average molecular weight is 472 g/mol. The first-order chi connectivity index (χ1) is 14.9. The molecule has 2 aromatic rings. The van der Waals surface area contributed by atoms with Gasteiger partial charge in [-0.05, 0) is 30.7 Å². The first kappa shape index (κ1) is 22.6. The summed E-state index contributed by atoms with van der Waals surface area (Å²) in [5.41, 5.74) is -0.965. The van der Waals surface area contributed by atoms with Crippen molar-refractivity contribution in [3.05, 3.63) is 31.3 Å². The number of hydrogen-bond acceptors (Lipinski definition) is 5. The number of thiophene rings is 1. The van der Waals surface area contributed by atoms with Crippen LogP contribution in [0.2, 0.25) is 0 Å². The van der Waals surface area contributed by atoms with Crippen LogP contribution in [0.4, 0.5) is 13.2 Å². The van der Waals surface area contributed by atoms with Gasteiger partial charge >= 0.3 is 23.7 Å². The molecule has 4 rings (SSSR count). The van der Waals surface area contributed by atoms with E-state index in [2.05, 4.69) is 5.32 Å². The zero-order chi connectivity index (χ0) is 23.4. The van der Waals surface area contributed by atoms with Crippen LogP contribution in [-0.2, 0) is 29.2 Å². The number of carbonyl (C=O) groups is 2. The van der Waals surface area contributed by atoms with Crippen molar-refractivity contribution in [1.82, 2.24) is 19.4 Å². The standard InChI is InChI=1S/C20H23F3N4O4S/c1-11-12(9-25-8-6-24-14(28)16(25)30)32-17-13(11)15(29)27(10-19(2)3-4-19)18(31)26(17)7-5-20(21,22)23/h3-10H2,1-2H3,(H,24,28). The van der Waals surface area contributed by atoms with Gasteiger partial charge in [-0.15, -0.1) is 11.3 Å². The van der Waals surface area contributed by atoms with E-state index >= 15 is 0 Å². The predicted molar refractivity (Wildman–Crippen MR) is 112 cm³/mol. The van der Waals surface area contributed by atoms with E-state index in [4.69, 9.17) is 0 Å². The van der Waals surface area contributed by atoms with Crippen molar-refractivity contribution < 1.29 is 22.8 Å². The highest BCUT2D eigenvalue weighted by Crippen LogP contribution is 2.46. The van der Waals surface area contributed by atoms with Gasteiger partial charge in [0.15, 0.2) is 0 Å². The lowest BCUT2D eigenvalue weighted by molar-refractivity contribution is -0.148. The number of piperazine rings is 1. The molecule has 1 saturated carbocycles. The van der Waals surface area contributed by atoms with Gasteiger partial charge in [-0.1, -0.05) is 6.92 Å². The molecule has 0 radical (unpaired) electrons. The number of alkyl halides is 3. The molecule has 3 heterocycles. The van der Waals surface area contributed by atoms with Crippen molar-refractivity contribution in [3.8, 4) is 0 Å². The van der Waals surface area contributed by atoms with E-state index in [0.717, 1.165) is 33.3 Å². The summed E-state index contributed by atoms with van der Waals surface area (Å²) < 4.78 is 40.9. The number of hydrogen-bond donors (Lipinski definition) is 1. The minimum atomic E-state index is -4.46. The minimum absolute atomic E-state index is 0.0437. The third-order valence-electron chi connectivity index (χ3n) is 6.14. The number of aromatic nitrogens is 2. The fourth-order valence-corrected chi connectivity index (χ4v) is 5.20. The van der Waals surface area contributed by atoms with E-state index in [1.54, 1.807) is 6.92 Å². The maximum atomic E-state index is 13.2. The lowest BCUT2D eigenvalue weighted by atomic mass is 10.1. The van der Waals surface area contributed by atoms with Crippen molar-refractivity contribution in [2.45, 2.75) is 58.9 Å². The largest absolute Gasteiger partial charge is 0.390 e. The molecule has 12 heteroatoms. The molecule has 1 aliphatic heterocycles. The van der Waals surface area contributed by atoms with Crippen molar-refractivity contribution >= 4 is 33.4 Å². The summed E-state index contributed by atoms with van der Waals surface area (Å²) in [6, 6.07) is 0. The van der Waals surface area contributed by atoms with Crippen molar-refractivity contribution in [2.24, 2.45) is 5.41 Å². The molecule has 1 saturated heterocycles. The number of nitrogens with one attached hydrogen (secondary N) is 1. The normalized spacial score (nSPS) is 18.3. The summed E-state index contributed by atoms with van der Waals surface area (Å²) >= 11 is 1.03. The number of carbonyl (C=O) groups excluding carboxylic acids is 2. The maximum absolute atomic E-state index is 13.2. The molecule has 2 amide bonds. The molecular weight excluding hydrogens is 449 g/mol. The zero-order valence-electron chi connectivity index (χ0n) is 17.7. The lowest BCUT2D eigenvalue weighted by Gasteiger charge is -2.26. The third kappa shape index (κ3) is 4.19. The zero-order valence-corrected chi connectivity index (χ0v) is 18.5. The molecule has 0 bridgehead atoms. The van der Waals surface area contributed by atoms with E-state index in [-0.39, 0.29) is 41.8 Å². The number of amides is 2.